The number of carbonyl (C=O) groups excluding carboxylic acids is 1. The fourth-order valence-corrected chi connectivity index (χ4v) is 2.24. The van der Waals surface area contributed by atoms with E-state index in [-0.39, 0.29) is 11.5 Å². The van der Waals surface area contributed by atoms with Crippen LogP contribution < -0.4 is 0 Å². The number of nitrogens with zero attached hydrogens (tertiary/aromatic N) is 2. The number of hydrogen-bond donors (Lipinski definition) is 0. The maximum atomic E-state index is 12.3. The lowest BCUT2D eigenvalue weighted by Crippen LogP contribution is -2.38. The Hall–Kier alpha value is -2.08. The van der Waals surface area contributed by atoms with Gasteiger partial charge in [0.1, 0.15) is 11.6 Å². The molecule has 2 rings (SSSR count). The molecule has 1 amide bonds. The fourth-order valence-electron chi connectivity index (χ4n) is 2.24. The van der Waals surface area contributed by atoms with E-state index in [4.69, 9.17) is 0 Å². The molecule has 1 fully saturated rings. The van der Waals surface area contributed by atoms with E-state index in [1.54, 1.807) is 11.0 Å². The molecule has 1 heterocycles. The Kier molecular flexibility index (Phi) is 4.35. The monoisotopic (exact) mass is 254 g/mol. The summed E-state index contributed by atoms with van der Waals surface area (Å²) in [5.41, 5.74) is 1.11. The number of amides is 1. The number of piperidine rings is 1. The molecule has 0 unspecified atom stereocenters. The molecule has 1 aromatic rings. The van der Waals surface area contributed by atoms with Gasteiger partial charge in [0.25, 0.3) is 5.91 Å². The summed E-state index contributed by atoms with van der Waals surface area (Å²) in [6.07, 6.45) is 3.71. The molecule has 0 atom stereocenters. The predicted octanol–water partition coefficient (Wildman–Crippen LogP) is 2.85. The molecule has 1 aliphatic rings. The third kappa shape index (κ3) is 3.45. The van der Waals surface area contributed by atoms with Gasteiger partial charge < -0.3 is 4.90 Å². The lowest BCUT2D eigenvalue weighted by atomic mass is 9.98. The van der Waals surface area contributed by atoms with Gasteiger partial charge in [-0.1, -0.05) is 37.3 Å². The number of hydrogen-bond acceptors (Lipinski definition) is 2. The van der Waals surface area contributed by atoms with E-state index >= 15 is 0 Å². The van der Waals surface area contributed by atoms with Gasteiger partial charge >= 0.3 is 0 Å². The quantitative estimate of drug-likeness (QED) is 0.601. The third-order valence-electron chi connectivity index (χ3n) is 3.53. The van der Waals surface area contributed by atoms with Crippen molar-refractivity contribution in [3.63, 3.8) is 0 Å². The summed E-state index contributed by atoms with van der Waals surface area (Å²) in [4.78, 5) is 14.1. The zero-order chi connectivity index (χ0) is 13.7. The average molecular weight is 254 g/mol. The Morgan fingerprint density at radius 2 is 1.95 bits per heavy atom. The summed E-state index contributed by atoms with van der Waals surface area (Å²) >= 11 is 0. The van der Waals surface area contributed by atoms with Crippen molar-refractivity contribution in [1.29, 1.82) is 5.26 Å². The second kappa shape index (κ2) is 6.19. The van der Waals surface area contributed by atoms with Crippen LogP contribution in [0, 0.1) is 17.2 Å². The van der Waals surface area contributed by atoms with Gasteiger partial charge in [-0.3, -0.25) is 4.79 Å². The average Bonchev–Trinajstić information content (AvgIpc) is 2.46. The van der Waals surface area contributed by atoms with Crippen LogP contribution in [0.5, 0.6) is 0 Å². The van der Waals surface area contributed by atoms with Crippen molar-refractivity contribution in [3.05, 3.63) is 41.5 Å². The van der Waals surface area contributed by atoms with Crippen molar-refractivity contribution in [3.8, 4) is 6.07 Å². The highest BCUT2D eigenvalue weighted by atomic mass is 16.2. The molecule has 0 radical (unpaired) electrons. The number of carbonyl (C=O) groups is 1. The van der Waals surface area contributed by atoms with E-state index < -0.39 is 0 Å². The molecule has 0 bridgehead atoms. The van der Waals surface area contributed by atoms with Crippen molar-refractivity contribution in [1.82, 2.24) is 4.90 Å². The van der Waals surface area contributed by atoms with E-state index in [1.165, 1.54) is 0 Å². The van der Waals surface area contributed by atoms with Gasteiger partial charge in [0.2, 0.25) is 0 Å². The van der Waals surface area contributed by atoms with Crippen molar-refractivity contribution in [2.24, 2.45) is 5.92 Å². The first-order valence-electron chi connectivity index (χ1n) is 6.67. The molecule has 0 spiro atoms. The molecule has 3 heteroatoms. The third-order valence-corrected chi connectivity index (χ3v) is 3.53. The predicted molar refractivity (Wildman–Crippen MR) is 75.0 cm³/mol. The highest BCUT2D eigenvalue weighted by molar-refractivity contribution is 6.01. The Morgan fingerprint density at radius 3 is 2.53 bits per heavy atom. The minimum Gasteiger partial charge on any atom is -0.338 e. The molecule has 0 saturated carbocycles. The van der Waals surface area contributed by atoms with Crippen LogP contribution in [0.15, 0.2) is 35.9 Å². The second-order valence-corrected chi connectivity index (χ2v) is 5.06. The molecule has 98 valence electrons. The zero-order valence-corrected chi connectivity index (χ0v) is 11.2. The van der Waals surface area contributed by atoms with E-state index in [2.05, 4.69) is 6.92 Å². The minimum absolute atomic E-state index is 0.141. The smallest absolute Gasteiger partial charge is 0.264 e. The molecule has 19 heavy (non-hydrogen) atoms. The summed E-state index contributed by atoms with van der Waals surface area (Å²) in [5.74, 6) is 0.533. The summed E-state index contributed by atoms with van der Waals surface area (Å²) in [6.45, 7) is 3.72. The topological polar surface area (TPSA) is 44.1 Å². The minimum atomic E-state index is -0.141. The van der Waals surface area contributed by atoms with Gasteiger partial charge in [0.05, 0.1) is 0 Å². The van der Waals surface area contributed by atoms with Crippen LogP contribution in [0.3, 0.4) is 0 Å². The normalized spacial score (nSPS) is 17.1. The first-order valence-corrected chi connectivity index (χ1v) is 6.67. The lowest BCUT2D eigenvalue weighted by Gasteiger charge is -2.30. The van der Waals surface area contributed by atoms with Crippen LogP contribution in [0.2, 0.25) is 0 Å². The van der Waals surface area contributed by atoms with Crippen molar-refractivity contribution < 1.29 is 4.79 Å². The van der Waals surface area contributed by atoms with Gasteiger partial charge in [-0.15, -0.1) is 0 Å². The number of rotatable bonds is 2. The lowest BCUT2D eigenvalue weighted by molar-refractivity contribution is -0.127. The van der Waals surface area contributed by atoms with Crippen LogP contribution in [0.25, 0.3) is 6.08 Å². The van der Waals surface area contributed by atoms with Crippen LogP contribution >= 0.6 is 0 Å². The number of likely N-dealkylation sites (tertiary alicyclic amines) is 1. The summed E-state index contributed by atoms with van der Waals surface area (Å²) in [7, 11) is 0. The highest BCUT2D eigenvalue weighted by Crippen LogP contribution is 2.18. The largest absolute Gasteiger partial charge is 0.338 e. The number of nitriles is 1. The number of benzene rings is 1. The van der Waals surface area contributed by atoms with Gasteiger partial charge in [-0.25, -0.2) is 0 Å². The van der Waals surface area contributed by atoms with Gasteiger partial charge in [-0.05, 0) is 30.4 Å². The molecular weight excluding hydrogens is 236 g/mol. The van der Waals surface area contributed by atoms with Gasteiger partial charge in [0.15, 0.2) is 0 Å². The van der Waals surface area contributed by atoms with Gasteiger partial charge in [-0.2, -0.15) is 5.26 Å². The first kappa shape index (κ1) is 13.4. The second-order valence-electron chi connectivity index (χ2n) is 5.06. The SMILES string of the molecule is CC1CCN(C(=O)/C(C#N)=C/c2ccccc2)CC1. The van der Waals surface area contributed by atoms with Crippen LogP contribution in [0.4, 0.5) is 0 Å². The Balaban J connectivity index is 2.12. The maximum absolute atomic E-state index is 12.3. The van der Waals surface area contributed by atoms with Crippen molar-refractivity contribution >= 4 is 12.0 Å². The molecule has 1 aliphatic heterocycles. The molecule has 0 N–H and O–H groups in total. The maximum Gasteiger partial charge on any atom is 0.264 e. The molecule has 3 nitrogen and oxygen atoms in total. The van der Waals surface area contributed by atoms with E-state index in [9.17, 15) is 10.1 Å². The van der Waals surface area contributed by atoms with Gasteiger partial charge in [0, 0.05) is 13.1 Å². The van der Waals surface area contributed by atoms with Crippen LogP contribution in [-0.4, -0.2) is 23.9 Å². The van der Waals surface area contributed by atoms with E-state index in [0.29, 0.717) is 5.92 Å². The Bertz CT molecular complexity index is 505. The van der Waals surface area contributed by atoms with Crippen molar-refractivity contribution in [2.75, 3.05) is 13.1 Å². The summed E-state index contributed by atoms with van der Waals surface area (Å²) in [6, 6.07) is 11.5. The van der Waals surface area contributed by atoms with Crippen molar-refractivity contribution in [2.45, 2.75) is 19.8 Å². The van der Waals surface area contributed by atoms with E-state index in [0.717, 1.165) is 31.5 Å². The summed E-state index contributed by atoms with van der Waals surface area (Å²) in [5, 5.41) is 9.17. The standard InChI is InChI=1S/C16H18N2O/c1-13-7-9-18(10-8-13)16(19)15(12-17)11-14-5-3-2-4-6-14/h2-6,11,13H,7-10H2,1H3/b15-11+. The van der Waals surface area contributed by atoms with Crippen LogP contribution in [-0.2, 0) is 4.79 Å². The zero-order valence-electron chi connectivity index (χ0n) is 11.2. The van der Waals surface area contributed by atoms with Crippen LogP contribution in [0.1, 0.15) is 25.3 Å². The fraction of sp³-hybridized carbons (Fsp3) is 0.375. The molecule has 0 aliphatic carbocycles. The Labute approximate surface area is 114 Å². The van der Waals surface area contributed by atoms with E-state index in [1.807, 2.05) is 36.4 Å². The highest BCUT2D eigenvalue weighted by Gasteiger charge is 2.22. The molecule has 1 aromatic carbocycles. The first-order chi connectivity index (χ1) is 9.20. The Morgan fingerprint density at radius 1 is 1.32 bits per heavy atom. The molecule has 0 aromatic heterocycles. The summed E-state index contributed by atoms with van der Waals surface area (Å²) < 4.78 is 0. The molecular formula is C16H18N2O. The molecule has 1 saturated heterocycles.